The number of nitriles is 1. The molecule has 0 unspecified atom stereocenters. The highest BCUT2D eigenvalue weighted by Gasteiger charge is 2.10. The zero-order chi connectivity index (χ0) is 11.1. The average molecular weight is 205 g/mol. The summed E-state index contributed by atoms with van der Waals surface area (Å²) in [5.41, 5.74) is 0.574. The first-order valence-electron chi connectivity index (χ1n) is 4.44. The third-order valence-corrected chi connectivity index (χ3v) is 1.90. The van der Waals surface area contributed by atoms with Gasteiger partial charge in [-0.2, -0.15) is 5.26 Å². The van der Waals surface area contributed by atoms with E-state index in [-0.39, 0.29) is 13.0 Å². The van der Waals surface area contributed by atoms with Crippen molar-refractivity contribution in [2.75, 3.05) is 18.7 Å². The van der Waals surface area contributed by atoms with Crippen molar-refractivity contribution in [2.45, 2.75) is 6.42 Å². The molecule has 0 atom stereocenters. The number of anilines is 1. The van der Waals surface area contributed by atoms with E-state index in [0.717, 1.165) is 0 Å². The summed E-state index contributed by atoms with van der Waals surface area (Å²) in [7, 11) is 1.52. The Labute approximate surface area is 87.8 Å². The van der Waals surface area contributed by atoms with Gasteiger partial charge in [0.2, 0.25) is 0 Å². The molecule has 0 aliphatic carbocycles. The van der Waals surface area contributed by atoms with E-state index in [2.05, 4.69) is 5.29 Å². The van der Waals surface area contributed by atoms with Gasteiger partial charge >= 0.3 is 0 Å². The number of benzene rings is 1. The molecule has 1 rings (SSSR count). The molecule has 0 saturated carbocycles. The number of para-hydroxylation sites is 2. The van der Waals surface area contributed by atoms with Gasteiger partial charge in [-0.25, -0.2) is 5.01 Å². The molecule has 1 aromatic carbocycles. The van der Waals surface area contributed by atoms with Gasteiger partial charge in [0.05, 0.1) is 31.4 Å². The van der Waals surface area contributed by atoms with Gasteiger partial charge in [-0.1, -0.05) is 12.1 Å². The molecule has 0 fully saturated rings. The van der Waals surface area contributed by atoms with Crippen molar-refractivity contribution < 1.29 is 4.74 Å². The molecule has 0 N–H and O–H groups in total. The molecule has 0 aliphatic rings. The Hall–Kier alpha value is -2.09. The summed E-state index contributed by atoms with van der Waals surface area (Å²) in [4.78, 5) is 10.6. The summed E-state index contributed by atoms with van der Waals surface area (Å²) in [5, 5.41) is 12.5. The average Bonchev–Trinajstić information content (AvgIpc) is 2.30. The van der Waals surface area contributed by atoms with E-state index in [1.165, 1.54) is 12.1 Å². The van der Waals surface area contributed by atoms with Crippen LogP contribution < -0.4 is 9.75 Å². The minimum absolute atomic E-state index is 0.240. The molecule has 1 aromatic rings. The van der Waals surface area contributed by atoms with Crippen molar-refractivity contribution in [3.8, 4) is 11.8 Å². The Kier molecular flexibility index (Phi) is 4.10. The zero-order valence-corrected chi connectivity index (χ0v) is 8.38. The lowest BCUT2D eigenvalue weighted by molar-refractivity contribution is 0.414. The molecule has 0 saturated heterocycles. The molecule has 15 heavy (non-hydrogen) atoms. The lowest BCUT2D eigenvalue weighted by Crippen LogP contribution is -2.17. The Morgan fingerprint density at radius 3 is 2.87 bits per heavy atom. The Morgan fingerprint density at radius 1 is 1.53 bits per heavy atom. The van der Waals surface area contributed by atoms with Crippen molar-refractivity contribution in [3.63, 3.8) is 0 Å². The maximum absolute atomic E-state index is 10.6. The molecule has 0 radical (unpaired) electrons. The van der Waals surface area contributed by atoms with Crippen molar-refractivity contribution in [1.82, 2.24) is 0 Å². The Bertz CT molecular complexity index is 373. The number of hydrogen-bond acceptors (Lipinski definition) is 4. The van der Waals surface area contributed by atoms with E-state index < -0.39 is 0 Å². The van der Waals surface area contributed by atoms with Gasteiger partial charge in [0.1, 0.15) is 11.4 Å². The molecule has 0 heterocycles. The van der Waals surface area contributed by atoms with Gasteiger partial charge < -0.3 is 4.74 Å². The number of rotatable bonds is 5. The standard InChI is InChI=1S/C10H11N3O2/c1-15-10-6-3-2-5-9(10)13(12-14)8-4-7-11/h2-3,5-6H,4,8H2,1H3. The predicted octanol–water partition coefficient (Wildman–Crippen LogP) is 2.10. The molecule has 5 nitrogen and oxygen atoms in total. The highest BCUT2D eigenvalue weighted by molar-refractivity contribution is 5.57. The van der Waals surface area contributed by atoms with Crippen molar-refractivity contribution in [1.29, 1.82) is 5.26 Å². The molecule has 0 spiro atoms. The van der Waals surface area contributed by atoms with Crippen LogP contribution in [0.25, 0.3) is 0 Å². The Balaban J connectivity index is 2.91. The fraction of sp³-hybridized carbons (Fsp3) is 0.300. The van der Waals surface area contributed by atoms with Crippen LogP contribution in [0.4, 0.5) is 5.69 Å². The molecular weight excluding hydrogens is 194 g/mol. The van der Waals surface area contributed by atoms with E-state index in [0.29, 0.717) is 11.4 Å². The molecule has 78 valence electrons. The van der Waals surface area contributed by atoms with Crippen LogP contribution in [-0.4, -0.2) is 13.7 Å². The lowest BCUT2D eigenvalue weighted by atomic mass is 10.3. The summed E-state index contributed by atoms with van der Waals surface area (Å²) >= 11 is 0. The molecule has 0 bridgehead atoms. The minimum Gasteiger partial charge on any atom is -0.495 e. The van der Waals surface area contributed by atoms with Crippen LogP contribution in [0.2, 0.25) is 0 Å². The fourth-order valence-electron chi connectivity index (χ4n) is 1.20. The van der Waals surface area contributed by atoms with Crippen molar-refractivity contribution >= 4 is 5.69 Å². The van der Waals surface area contributed by atoms with Crippen molar-refractivity contribution in [3.05, 3.63) is 29.2 Å². The van der Waals surface area contributed by atoms with E-state index in [4.69, 9.17) is 10.00 Å². The number of nitroso groups, excluding NO2 is 1. The normalized spacial score (nSPS) is 9.07. The fourth-order valence-corrected chi connectivity index (χ4v) is 1.20. The predicted molar refractivity (Wildman–Crippen MR) is 56.4 cm³/mol. The van der Waals surface area contributed by atoms with Gasteiger partial charge in [0.25, 0.3) is 0 Å². The zero-order valence-electron chi connectivity index (χ0n) is 8.38. The quantitative estimate of drug-likeness (QED) is 0.545. The largest absolute Gasteiger partial charge is 0.495 e. The molecular formula is C10H11N3O2. The number of methoxy groups -OCH3 is 1. The van der Waals surface area contributed by atoms with Crippen LogP contribution in [-0.2, 0) is 0 Å². The summed E-state index contributed by atoms with van der Waals surface area (Å²) < 4.78 is 5.08. The van der Waals surface area contributed by atoms with Gasteiger partial charge in [-0.3, -0.25) is 0 Å². The smallest absolute Gasteiger partial charge is 0.144 e. The van der Waals surface area contributed by atoms with Crippen LogP contribution in [0, 0.1) is 16.2 Å². The van der Waals surface area contributed by atoms with E-state index in [1.54, 1.807) is 24.3 Å². The van der Waals surface area contributed by atoms with Gasteiger partial charge in [0.15, 0.2) is 0 Å². The minimum atomic E-state index is 0.240. The topological polar surface area (TPSA) is 65.7 Å². The highest BCUT2D eigenvalue weighted by Crippen LogP contribution is 2.27. The van der Waals surface area contributed by atoms with Crippen LogP contribution in [0.3, 0.4) is 0 Å². The summed E-state index contributed by atoms with van der Waals surface area (Å²) in [6.07, 6.45) is 0.240. The van der Waals surface area contributed by atoms with Gasteiger partial charge in [-0.15, -0.1) is 4.91 Å². The highest BCUT2D eigenvalue weighted by atomic mass is 16.5. The Morgan fingerprint density at radius 2 is 2.27 bits per heavy atom. The first-order valence-corrected chi connectivity index (χ1v) is 4.44. The second-order valence-corrected chi connectivity index (χ2v) is 2.78. The lowest BCUT2D eigenvalue weighted by Gasteiger charge is -2.16. The van der Waals surface area contributed by atoms with Crippen LogP contribution in [0.5, 0.6) is 5.75 Å². The van der Waals surface area contributed by atoms with E-state index in [9.17, 15) is 4.91 Å². The summed E-state index contributed by atoms with van der Waals surface area (Å²) in [6, 6.07) is 9.00. The van der Waals surface area contributed by atoms with Gasteiger partial charge in [0, 0.05) is 0 Å². The summed E-state index contributed by atoms with van der Waals surface area (Å²) in [6.45, 7) is 0.264. The molecule has 0 aromatic heterocycles. The molecule has 0 amide bonds. The first kappa shape index (κ1) is 11.0. The number of nitrogens with zero attached hydrogens (tertiary/aromatic N) is 3. The second-order valence-electron chi connectivity index (χ2n) is 2.78. The van der Waals surface area contributed by atoms with Crippen LogP contribution >= 0.6 is 0 Å². The number of ether oxygens (including phenoxy) is 1. The molecule has 0 aliphatic heterocycles. The maximum Gasteiger partial charge on any atom is 0.144 e. The molecule has 5 heteroatoms. The van der Waals surface area contributed by atoms with Crippen molar-refractivity contribution in [2.24, 2.45) is 5.29 Å². The summed E-state index contributed by atoms with van der Waals surface area (Å²) in [5.74, 6) is 0.565. The maximum atomic E-state index is 10.6. The van der Waals surface area contributed by atoms with E-state index in [1.807, 2.05) is 6.07 Å². The van der Waals surface area contributed by atoms with Crippen LogP contribution in [0.1, 0.15) is 6.42 Å². The van der Waals surface area contributed by atoms with Crippen LogP contribution in [0.15, 0.2) is 29.6 Å². The third-order valence-electron chi connectivity index (χ3n) is 1.90. The second kappa shape index (κ2) is 5.60. The SMILES string of the molecule is COc1ccccc1N(CCC#N)N=O. The van der Waals surface area contributed by atoms with E-state index >= 15 is 0 Å². The monoisotopic (exact) mass is 205 g/mol. The third kappa shape index (κ3) is 2.68. The first-order chi connectivity index (χ1) is 7.33. The number of hydrogen-bond donors (Lipinski definition) is 0. The van der Waals surface area contributed by atoms with Gasteiger partial charge in [-0.05, 0) is 12.1 Å².